The molecule has 0 radical (unpaired) electrons. The molecule has 0 atom stereocenters. The van der Waals surface area contributed by atoms with E-state index in [1.807, 2.05) is 25.2 Å². The Morgan fingerprint density at radius 2 is 2.25 bits per heavy atom. The van der Waals surface area contributed by atoms with Crippen LogP contribution in [0, 0.1) is 0 Å². The summed E-state index contributed by atoms with van der Waals surface area (Å²) in [5.41, 5.74) is 0.856. The number of halogens is 1. The zero-order chi connectivity index (χ0) is 11.4. The number of nitrogens with one attached hydrogen (secondary N) is 1. The quantitative estimate of drug-likeness (QED) is 0.829. The molecule has 1 heterocycles. The van der Waals surface area contributed by atoms with Gasteiger partial charge in [0.15, 0.2) is 0 Å². The summed E-state index contributed by atoms with van der Waals surface area (Å²) in [6, 6.07) is 7.52. The van der Waals surface area contributed by atoms with Crippen molar-refractivity contribution in [2.45, 2.75) is 0 Å². The highest BCUT2D eigenvalue weighted by molar-refractivity contribution is 6.35. The summed E-state index contributed by atoms with van der Waals surface area (Å²) < 4.78 is 5.55. The van der Waals surface area contributed by atoms with E-state index < -0.39 is 0 Å². The van der Waals surface area contributed by atoms with E-state index in [2.05, 4.69) is 10.3 Å². The molecule has 0 amide bonds. The van der Waals surface area contributed by atoms with Crippen LogP contribution < -0.4 is 10.1 Å². The van der Waals surface area contributed by atoms with Crippen LogP contribution in [0.2, 0.25) is 5.02 Å². The Balaban J connectivity index is 2.23. The van der Waals surface area contributed by atoms with Crippen molar-refractivity contribution in [2.24, 2.45) is 0 Å². The van der Waals surface area contributed by atoms with E-state index in [4.69, 9.17) is 16.3 Å². The number of rotatable bonds is 4. The number of ether oxygens (including phenoxy) is 1. The van der Waals surface area contributed by atoms with Crippen LogP contribution in [-0.2, 0) is 0 Å². The number of hydrogen-bond acceptors (Lipinski definition) is 3. The van der Waals surface area contributed by atoms with Crippen LogP contribution in [0.25, 0.3) is 10.9 Å². The minimum atomic E-state index is 0.641. The lowest BCUT2D eigenvalue weighted by molar-refractivity contribution is 0.319. The standard InChI is InChI=1S/C12H13ClN2O/c1-14-6-7-16-9-2-3-10-11(13)4-5-15-12(10)8-9/h2-5,8,14H,6-7H2,1H3. The van der Waals surface area contributed by atoms with Gasteiger partial charge in [-0.1, -0.05) is 11.6 Å². The zero-order valence-electron chi connectivity index (χ0n) is 9.03. The van der Waals surface area contributed by atoms with Crippen LogP contribution in [0.1, 0.15) is 0 Å². The van der Waals surface area contributed by atoms with Crippen molar-refractivity contribution < 1.29 is 4.74 Å². The molecular weight excluding hydrogens is 224 g/mol. The second-order valence-electron chi connectivity index (χ2n) is 3.42. The summed E-state index contributed by atoms with van der Waals surface area (Å²) >= 11 is 6.05. The molecule has 0 bridgehead atoms. The van der Waals surface area contributed by atoms with Gasteiger partial charge in [-0.25, -0.2) is 0 Å². The molecule has 0 saturated heterocycles. The Bertz CT molecular complexity index is 487. The number of likely N-dealkylation sites (N-methyl/N-ethyl adjacent to an activating group) is 1. The largest absolute Gasteiger partial charge is 0.492 e. The van der Waals surface area contributed by atoms with Gasteiger partial charge in [0.2, 0.25) is 0 Å². The molecule has 0 spiro atoms. The van der Waals surface area contributed by atoms with Crippen LogP contribution in [0.15, 0.2) is 30.5 Å². The van der Waals surface area contributed by atoms with E-state index in [0.717, 1.165) is 23.2 Å². The van der Waals surface area contributed by atoms with E-state index in [1.54, 1.807) is 12.3 Å². The SMILES string of the molecule is CNCCOc1ccc2c(Cl)ccnc2c1. The number of aromatic nitrogens is 1. The van der Waals surface area contributed by atoms with Crippen molar-refractivity contribution in [3.8, 4) is 5.75 Å². The number of fused-ring (bicyclic) bond motifs is 1. The summed E-state index contributed by atoms with van der Waals surface area (Å²) in [5.74, 6) is 0.817. The van der Waals surface area contributed by atoms with E-state index in [0.29, 0.717) is 11.6 Å². The number of pyridine rings is 1. The highest BCUT2D eigenvalue weighted by Crippen LogP contribution is 2.24. The Kier molecular flexibility index (Phi) is 3.59. The van der Waals surface area contributed by atoms with E-state index in [9.17, 15) is 0 Å². The maximum absolute atomic E-state index is 6.05. The third kappa shape index (κ3) is 2.43. The summed E-state index contributed by atoms with van der Waals surface area (Å²) in [7, 11) is 1.89. The molecule has 0 unspecified atom stereocenters. The van der Waals surface area contributed by atoms with Crippen molar-refractivity contribution in [3.63, 3.8) is 0 Å². The fourth-order valence-electron chi connectivity index (χ4n) is 1.45. The topological polar surface area (TPSA) is 34.1 Å². The first-order valence-corrected chi connectivity index (χ1v) is 5.51. The zero-order valence-corrected chi connectivity index (χ0v) is 9.79. The Morgan fingerprint density at radius 1 is 1.38 bits per heavy atom. The van der Waals surface area contributed by atoms with Gasteiger partial charge in [0.1, 0.15) is 12.4 Å². The molecule has 1 aromatic carbocycles. The smallest absolute Gasteiger partial charge is 0.121 e. The van der Waals surface area contributed by atoms with Crippen molar-refractivity contribution in [1.82, 2.24) is 10.3 Å². The first kappa shape index (κ1) is 11.2. The predicted octanol–water partition coefficient (Wildman–Crippen LogP) is 2.49. The van der Waals surface area contributed by atoms with Crippen LogP contribution in [0.5, 0.6) is 5.75 Å². The molecule has 4 heteroatoms. The maximum atomic E-state index is 6.05. The second-order valence-corrected chi connectivity index (χ2v) is 3.83. The minimum Gasteiger partial charge on any atom is -0.492 e. The Morgan fingerprint density at radius 3 is 3.06 bits per heavy atom. The minimum absolute atomic E-state index is 0.641. The van der Waals surface area contributed by atoms with Gasteiger partial charge in [-0.05, 0) is 25.2 Å². The van der Waals surface area contributed by atoms with Gasteiger partial charge in [-0.15, -0.1) is 0 Å². The molecule has 0 aliphatic carbocycles. The molecule has 1 N–H and O–H groups in total. The molecule has 0 aliphatic rings. The second kappa shape index (κ2) is 5.14. The summed E-state index contributed by atoms with van der Waals surface area (Å²) in [4.78, 5) is 4.25. The van der Waals surface area contributed by atoms with Gasteiger partial charge in [0, 0.05) is 24.2 Å². The lowest BCUT2D eigenvalue weighted by Crippen LogP contribution is -2.15. The molecule has 84 valence electrons. The average molecular weight is 237 g/mol. The normalized spacial score (nSPS) is 10.6. The van der Waals surface area contributed by atoms with E-state index in [1.165, 1.54) is 0 Å². The first-order chi connectivity index (χ1) is 7.81. The number of hydrogen-bond donors (Lipinski definition) is 1. The van der Waals surface area contributed by atoms with Crippen molar-refractivity contribution in [3.05, 3.63) is 35.5 Å². The fraction of sp³-hybridized carbons (Fsp3) is 0.250. The van der Waals surface area contributed by atoms with Gasteiger partial charge in [-0.3, -0.25) is 4.98 Å². The molecule has 0 fully saturated rings. The van der Waals surface area contributed by atoms with Crippen molar-refractivity contribution in [2.75, 3.05) is 20.2 Å². The third-order valence-electron chi connectivity index (χ3n) is 2.28. The highest BCUT2D eigenvalue weighted by atomic mass is 35.5. The molecule has 16 heavy (non-hydrogen) atoms. The van der Waals surface area contributed by atoms with Gasteiger partial charge < -0.3 is 10.1 Å². The summed E-state index contributed by atoms with van der Waals surface area (Å²) in [6.07, 6.45) is 1.70. The molecule has 2 aromatic rings. The van der Waals surface area contributed by atoms with E-state index in [-0.39, 0.29) is 0 Å². The first-order valence-electron chi connectivity index (χ1n) is 5.13. The highest BCUT2D eigenvalue weighted by Gasteiger charge is 2.01. The third-order valence-corrected chi connectivity index (χ3v) is 2.61. The van der Waals surface area contributed by atoms with Crippen molar-refractivity contribution in [1.29, 1.82) is 0 Å². The predicted molar refractivity (Wildman–Crippen MR) is 66.2 cm³/mol. The molecule has 2 rings (SSSR count). The maximum Gasteiger partial charge on any atom is 0.121 e. The molecule has 0 saturated carbocycles. The lowest BCUT2D eigenvalue weighted by atomic mass is 10.2. The monoisotopic (exact) mass is 236 g/mol. The Labute approximate surface area is 99.4 Å². The van der Waals surface area contributed by atoms with E-state index >= 15 is 0 Å². The van der Waals surface area contributed by atoms with Gasteiger partial charge in [0.05, 0.1) is 10.5 Å². The van der Waals surface area contributed by atoms with Crippen LogP contribution in [0.4, 0.5) is 0 Å². The number of benzene rings is 1. The lowest BCUT2D eigenvalue weighted by Gasteiger charge is -2.06. The fourth-order valence-corrected chi connectivity index (χ4v) is 1.67. The Hall–Kier alpha value is -1.32. The van der Waals surface area contributed by atoms with Gasteiger partial charge >= 0.3 is 0 Å². The molecular formula is C12H13ClN2O. The van der Waals surface area contributed by atoms with Crippen LogP contribution >= 0.6 is 11.6 Å². The molecule has 0 aliphatic heterocycles. The van der Waals surface area contributed by atoms with Crippen molar-refractivity contribution >= 4 is 22.5 Å². The number of nitrogens with zero attached hydrogens (tertiary/aromatic N) is 1. The van der Waals surface area contributed by atoms with Gasteiger partial charge in [0.25, 0.3) is 0 Å². The summed E-state index contributed by atoms with van der Waals surface area (Å²) in [6.45, 7) is 1.46. The average Bonchev–Trinajstić information content (AvgIpc) is 2.30. The van der Waals surface area contributed by atoms with Crippen LogP contribution in [0.3, 0.4) is 0 Å². The molecule has 3 nitrogen and oxygen atoms in total. The van der Waals surface area contributed by atoms with Gasteiger partial charge in [-0.2, -0.15) is 0 Å². The molecule has 1 aromatic heterocycles. The summed E-state index contributed by atoms with van der Waals surface area (Å²) in [5, 5.41) is 4.69. The van der Waals surface area contributed by atoms with Crippen LogP contribution in [-0.4, -0.2) is 25.2 Å².